The number of carbonyl (C=O) groups is 2. The van der Waals surface area contributed by atoms with E-state index in [1.54, 1.807) is 48.5 Å². The highest BCUT2D eigenvalue weighted by Crippen LogP contribution is 2.46. The van der Waals surface area contributed by atoms with E-state index in [-0.39, 0.29) is 22.5 Å². The number of fused-ring (bicyclic) bond motifs is 2. The second-order valence-corrected chi connectivity index (χ2v) is 11.2. The number of aliphatic hydroxyl groups is 1. The minimum atomic E-state index is -0.977. The number of aromatic nitrogens is 1. The number of halogens is 2. The van der Waals surface area contributed by atoms with Crippen LogP contribution in [-0.4, -0.2) is 34.5 Å². The smallest absolute Gasteiger partial charge is 0.301 e. The summed E-state index contributed by atoms with van der Waals surface area (Å²) in [7, 11) is 0. The van der Waals surface area contributed by atoms with E-state index in [1.165, 1.54) is 16.2 Å². The monoisotopic (exact) mass is 580 g/mol. The molecular formula is C29H22Cl2N2O5S. The molecule has 10 heteroatoms. The molecular weight excluding hydrogens is 559 g/mol. The number of amides is 1. The SMILES string of the molecule is CCOc1ccc2nc(N3C(=O)C(=O)C(=C(O)c4ccc5c(c4)C[C@@H](C)O5)[C@@H]3c3ccc(Cl)c(Cl)c3)sc2c1. The van der Waals surface area contributed by atoms with Crippen LogP contribution in [0.1, 0.15) is 36.6 Å². The van der Waals surface area contributed by atoms with Gasteiger partial charge in [0.05, 0.1) is 38.5 Å². The topological polar surface area (TPSA) is 89.0 Å². The Morgan fingerprint density at radius 2 is 1.95 bits per heavy atom. The molecule has 1 N–H and O–H groups in total. The van der Waals surface area contributed by atoms with Crippen LogP contribution in [0, 0.1) is 0 Å². The van der Waals surface area contributed by atoms with E-state index in [9.17, 15) is 14.7 Å². The molecule has 1 saturated heterocycles. The minimum Gasteiger partial charge on any atom is -0.507 e. The van der Waals surface area contributed by atoms with Crippen LogP contribution in [0.4, 0.5) is 5.13 Å². The lowest BCUT2D eigenvalue weighted by Crippen LogP contribution is -2.29. The Morgan fingerprint density at radius 1 is 1.13 bits per heavy atom. The molecule has 2 aliphatic rings. The van der Waals surface area contributed by atoms with Gasteiger partial charge in [-0.3, -0.25) is 14.5 Å². The van der Waals surface area contributed by atoms with Gasteiger partial charge < -0.3 is 14.6 Å². The van der Waals surface area contributed by atoms with Crippen LogP contribution >= 0.6 is 34.5 Å². The molecule has 6 rings (SSSR count). The van der Waals surface area contributed by atoms with E-state index in [4.69, 9.17) is 32.7 Å². The van der Waals surface area contributed by atoms with Crippen LogP contribution in [0.25, 0.3) is 16.0 Å². The van der Waals surface area contributed by atoms with Gasteiger partial charge in [0, 0.05) is 12.0 Å². The number of ketones is 1. The molecule has 3 heterocycles. The molecule has 0 bridgehead atoms. The molecule has 0 radical (unpaired) electrons. The van der Waals surface area contributed by atoms with Crippen molar-refractivity contribution >= 4 is 67.3 Å². The summed E-state index contributed by atoms with van der Waals surface area (Å²) in [5.74, 6) is -0.480. The van der Waals surface area contributed by atoms with Crippen LogP contribution in [0.15, 0.2) is 60.2 Å². The lowest BCUT2D eigenvalue weighted by atomic mass is 9.94. The van der Waals surface area contributed by atoms with Gasteiger partial charge >= 0.3 is 5.91 Å². The Morgan fingerprint density at radius 3 is 2.72 bits per heavy atom. The molecule has 1 fully saturated rings. The second kappa shape index (κ2) is 9.86. The zero-order chi connectivity index (χ0) is 27.4. The van der Waals surface area contributed by atoms with Gasteiger partial charge in [-0.25, -0.2) is 4.98 Å². The first-order chi connectivity index (χ1) is 18.7. The number of anilines is 1. The van der Waals surface area contributed by atoms with Gasteiger partial charge in [-0.15, -0.1) is 0 Å². The van der Waals surface area contributed by atoms with Gasteiger partial charge in [0.25, 0.3) is 5.78 Å². The third-order valence-corrected chi connectivity index (χ3v) is 8.50. The second-order valence-electron chi connectivity index (χ2n) is 9.36. The summed E-state index contributed by atoms with van der Waals surface area (Å²) in [5, 5.41) is 12.4. The summed E-state index contributed by atoms with van der Waals surface area (Å²) in [6.45, 7) is 4.37. The van der Waals surface area contributed by atoms with Gasteiger partial charge in [-0.2, -0.15) is 0 Å². The van der Waals surface area contributed by atoms with Crippen molar-refractivity contribution in [3.63, 3.8) is 0 Å². The maximum absolute atomic E-state index is 13.6. The highest BCUT2D eigenvalue weighted by Gasteiger charge is 2.48. The highest BCUT2D eigenvalue weighted by atomic mass is 35.5. The first kappa shape index (κ1) is 25.7. The number of hydrogen-bond donors (Lipinski definition) is 1. The average molecular weight is 581 g/mol. The highest BCUT2D eigenvalue weighted by molar-refractivity contribution is 7.22. The molecule has 39 heavy (non-hydrogen) atoms. The first-order valence-corrected chi connectivity index (χ1v) is 13.9. The number of thiazole rings is 1. The molecule has 0 saturated carbocycles. The predicted octanol–water partition coefficient (Wildman–Crippen LogP) is 6.95. The maximum atomic E-state index is 13.6. The molecule has 3 aromatic carbocycles. The van der Waals surface area contributed by atoms with Crippen LogP contribution in [0.5, 0.6) is 11.5 Å². The van der Waals surface area contributed by atoms with E-state index >= 15 is 0 Å². The molecule has 0 aliphatic carbocycles. The van der Waals surface area contributed by atoms with E-state index in [2.05, 4.69) is 4.98 Å². The van der Waals surface area contributed by atoms with E-state index in [0.29, 0.717) is 45.6 Å². The Balaban J connectivity index is 1.52. The van der Waals surface area contributed by atoms with Crippen molar-refractivity contribution in [3.05, 3.63) is 86.9 Å². The third-order valence-electron chi connectivity index (χ3n) is 6.74. The summed E-state index contributed by atoms with van der Waals surface area (Å²) >= 11 is 13.8. The summed E-state index contributed by atoms with van der Waals surface area (Å²) in [6, 6.07) is 14.6. The Kier molecular flexibility index (Phi) is 6.49. The number of rotatable bonds is 5. The number of aliphatic hydroxyl groups excluding tert-OH is 1. The van der Waals surface area contributed by atoms with Gasteiger partial charge in [0.2, 0.25) is 0 Å². The maximum Gasteiger partial charge on any atom is 0.301 e. The van der Waals surface area contributed by atoms with Crippen molar-refractivity contribution in [2.24, 2.45) is 0 Å². The number of carbonyl (C=O) groups excluding carboxylic acids is 2. The average Bonchev–Trinajstić information content (AvgIpc) is 3.57. The Labute approximate surface area is 238 Å². The fourth-order valence-electron chi connectivity index (χ4n) is 5.00. The molecule has 2 atom stereocenters. The van der Waals surface area contributed by atoms with Crippen molar-refractivity contribution in [2.45, 2.75) is 32.4 Å². The molecule has 0 unspecified atom stereocenters. The number of hydrogen-bond acceptors (Lipinski definition) is 7. The minimum absolute atomic E-state index is 0.0152. The quantitative estimate of drug-likeness (QED) is 0.156. The van der Waals surface area contributed by atoms with Gasteiger partial charge in [-0.1, -0.05) is 40.6 Å². The molecule has 1 aromatic heterocycles. The van der Waals surface area contributed by atoms with Crippen LogP contribution in [-0.2, 0) is 16.0 Å². The Hall–Kier alpha value is -3.59. The number of benzene rings is 3. The Bertz CT molecular complexity index is 1700. The van der Waals surface area contributed by atoms with Crippen molar-refractivity contribution in [1.29, 1.82) is 0 Å². The fraction of sp³-hybridized carbons (Fsp3) is 0.207. The lowest BCUT2D eigenvalue weighted by Gasteiger charge is -2.23. The molecule has 198 valence electrons. The van der Waals surface area contributed by atoms with Crippen molar-refractivity contribution in [1.82, 2.24) is 4.98 Å². The number of Topliss-reactive ketones (excluding diaryl/α,β-unsaturated/α-hetero) is 1. The molecule has 4 aromatic rings. The molecule has 2 aliphatic heterocycles. The van der Waals surface area contributed by atoms with Crippen molar-refractivity contribution in [3.8, 4) is 11.5 Å². The molecule has 1 amide bonds. The largest absolute Gasteiger partial charge is 0.507 e. The summed E-state index contributed by atoms with van der Waals surface area (Å²) in [4.78, 5) is 33.1. The lowest BCUT2D eigenvalue weighted by molar-refractivity contribution is -0.132. The van der Waals surface area contributed by atoms with Crippen molar-refractivity contribution < 1.29 is 24.2 Å². The van der Waals surface area contributed by atoms with Crippen molar-refractivity contribution in [2.75, 3.05) is 11.5 Å². The third kappa shape index (κ3) is 4.42. The summed E-state index contributed by atoms with van der Waals surface area (Å²) < 4.78 is 12.2. The predicted molar refractivity (Wildman–Crippen MR) is 152 cm³/mol. The standard InChI is InChI=1S/C29H22Cl2N2O5S/c1-3-37-18-6-8-21-23(13-18)39-29(32-21)33-25(15-4-7-19(30)20(31)12-15)24(27(35)28(33)36)26(34)16-5-9-22-17(11-16)10-14(2)38-22/h4-9,11-14,25,34H,3,10H2,1-2H3/t14-,25+/m1/s1. The van der Waals surface area contributed by atoms with E-state index in [0.717, 1.165) is 16.0 Å². The van der Waals surface area contributed by atoms with Crippen LogP contribution in [0.2, 0.25) is 10.0 Å². The summed E-state index contributed by atoms with van der Waals surface area (Å²) in [5.41, 5.74) is 2.45. The van der Waals surface area contributed by atoms with Crippen LogP contribution in [0.3, 0.4) is 0 Å². The fourth-order valence-corrected chi connectivity index (χ4v) is 6.33. The van der Waals surface area contributed by atoms with Gasteiger partial charge in [-0.05, 0) is 73.5 Å². The van der Waals surface area contributed by atoms with E-state index < -0.39 is 17.7 Å². The normalized spacial score (nSPS) is 19.9. The van der Waals surface area contributed by atoms with Gasteiger partial charge in [0.1, 0.15) is 23.4 Å². The zero-order valence-electron chi connectivity index (χ0n) is 20.9. The zero-order valence-corrected chi connectivity index (χ0v) is 23.2. The number of ether oxygens (including phenoxy) is 2. The first-order valence-electron chi connectivity index (χ1n) is 12.3. The van der Waals surface area contributed by atoms with E-state index in [1.807, 2.05) is 19.9 Å². The number of nitrogens with zero attached hydrogens (tertiary/aromatic N) is 2. The molecule has 7 nitrogen and oxygen atoms in total. The van der Waals surface area contributed by atoms with Crippen LogP contribution < -0.4 is 14.4 Å². The summed E-state index contributed by atoms with van der Waals surface area (Å²) in [6.07, 6.45) is 0.692. The molecule has 0 spiro atoms. The van der Waals surface area contributed by atoms with Gasteiger partial charge in [0.15, 0.2) is 5.13 Å².